The zero-order chi connectivity index (χ0) is 21.5. The van der Waals surface area contributed by atoms with Crippen molar-refractivity contribution >= 4 is 11.7 Å². The van der Waals surface area contributed by atoms with Crippen molar-refractivity contribution in [3.8, 4) is 0 Å². The van der Waals surface area contributed by atoms with E-state index in [1.807, 2.05) is 7.05 Å². The molecule has 1 heterocycles. The summed E-state index contributed by atoms with van der Waals surface area (Å²) in [6.07, 6.45) is 1.02. The van der Waals surface area contributed by atoms with E-state index >= 15 is 0 Å². The minimum absolute atomic E-state index is 0.00504. The van der Waals surface area contributed by atoms with Gasteiger partial charge in [-0.15, -0.1) is 0 Å². The fourth-order valence-corrected chi connectivity index (χ4v) is 3.82. The number of aryl methyl sites for hydroxylation is 1. The van der Waals surface area contributed by atoms with Crippen molar-refractivity contribution in [3.63, 3.8) is 0 Å². The number of nitrogens with one attached hydrogen (secondary N) is 1. The molecule has 0 saturated carbocycles. The average molecular weight is 410 g/mol. The number of anilines is 1. The maximum Gasteiger partial charge on any atom is 0.317 e. The van der Waals surface area contributed by atoms with Crippen LogP contribution in [-0.4, -0.2) is 44.3 Å². The molecule has 2 amide bonds. The molecule has 1 unspecified atom stereocenters. The number of hydrogen-bond acceptors (Lipinski definition) is 3. The zero-order valence-corrected chi connectivity index (χ0v) is 18.7. The van der Waals surface area contributed by atoms with Crippen molar-refractivity contribution in [1.29, 1.82) is 0 Å². The van der Waals surface area contributed by atoms with Gasteiger partial charge in [0.2, 0.25) is 0 Å². The lowest BCUT2D eigenvalue weighted by molar-refractivity contribution is 0.122. The summed E-state index contributed by atoms with van der Waals surface area (Å²) in [5, 5.41) is 3.22. The highest BCUT2D eigenvalue weighted by atomic mass is 16.5. The third-order valence-corrected chi connectivity index (χ3v) is 5.77. The maximum absolute atomic E-state index is 12.9. The molecule has 1 saturated heterocycles. The van der Waals surface area contributed by atoms with Gasteiger partial charge in [0.15, 0.2) is 0 Å². The third-order valence-electron chi connectivity index (χ3n) is 5.77. The lowest BCUT2D eigenvalue weighted by Gasteiger charge is -2.29. The Morgan fingerprint density at radius 3 is 2.20 bits per heavy atom. The molecule has 1 aliphatic heterocycles. The van der Waals surface area contributed by atoms with Crippen molar-refractivity contribution in [2.24, 2.45) is 5.92 Å². The first-order chi connectivity index (χ1) is 14.5. The SMILES string of the molecule is CCc1ccc(C(NC(=O)N(C)Cc2ccc(N3CCOCC3)cc2)C(C)C)cc1. The van der Waals surface area contributed by atoms with Crippen LogP contribution in [-0.2, 0) is 17.7 Å². The van der Waals surface area contributed by atoms with Gasteiger partial charge in [-0.1, -0.05) is 57.2 Å². The number of benzene rings is 2. The molecule has 162 valence electrons. The number of carbonyl (C=O) groups is 1. The fraction of sp³-hybridized carbons (Fsp3) is 0.480. The summed E-state index contributed by atoms with van der Waals surface area (Å²) in [5.41, 5.74) is 4.80. The predicted octanol–water partition coefficient (Wildman–Crippen LogP) is 4.62. The smallest absolute Gasteiger partial charge is 0.317 e. The van der Waals surface area contributed by atoms with Gasteiger partial charge >= 0.3 is 6.03 Å². The van der Waals surface area contributed by atoms with E-state index in [0.717, 1.165) is 43.9 Å². The van der Waals surface area contributed by atoms with Crippen LogP contribution in [0.5, 0.6) is 0 Å². The minimum atomic E-state index is -0.0504. The standard InChI is InChI=1S/C25H35N3O2/c1-5-20-6-10-22(11-7-20)24(19(2)3)26-25(29)27(4)18-21-8-12-23(13-9-21)28-14-16-30-17-15-28/h6-13,19,24H,5,14-18H2,1-4H3,(H,26,29). The zero-order valence-electron chi connectivity index (χ0n) is 18.7. The summed E-state index contributed by atoms with van der Waals surface area (Å²) < 4.78 is 5.42. The Labute approximate surface area is 181 Å². The van der Waals surface area contributed by atoms with Gasteiger partial charge in [-0.05, 0) is 41.2 Å². The van der Waals surface area contributed by atoms with Crippen molar-refractivity contribution in [3.05, 3.63) is 65.2 Å². The second-order valence-corrected chi connectivity index (χ2v) is 8.39. The molecule has 1 aliphatic rings. The van der Waals surface area contributed by atoms with Gasteiger partial charge in [-0.25, -0.2) is 4.79 Å². The molecule has 1 fully saturated rings. The second kappa shape index (κ2) is 10.5. The highest BCUT2D eigenvalue weighted by Gasteiger charge is 2.20. The van der Waals surface area contributed by atoms with Gasteiger partial charge in [0.25, 0.3) is 0 Å². The largest absolute Gasteiger partial charge is 0.378 e. The van der Waals surface area contributed by atoms with Crippen molar-refractivity contribution in [2.75, 3.05) is 38.3 Å². The predicted molar refractivity (Wildman–Crippen MR) is 123 cm³/mol. The maximum atomic E-state index is 12.9. The third kappa shape index (κ3) is 5.76. The highest BCUT2D eigenvalue weighted by Crippen LogP contribution is 2.23. The van der Waals surface area contributed by atoms with Crippen LogP contribution in [0.3, 0.4) is 0 Å². The van der Waals surface area contributed by atoms with E-state index in [1.54, 1.807) is 4.90 Å². The van der Waals surface area contributed by atoms with Gasteiger partial charge in [0, 0.05) is 32.4 Å². The van der Waals surface area contributed by atoms with E-state index in [4.69, 9.17) is 4.74 Å². The lowest BCUT2D eigenvalue weighted by atomic mass is 9.95. The van der Waals surface area contributed by atoms with Crippen LogP contribution in [0.1, 0.15) is 43.5 Å². The van der Waals surface area contributed by atoms with E-state index < -0.39 is 0 Å². The summed E-state index contributed by atoms with van der Waals surface area (Å²) in [6.45, 7) is 10.4. The van der Waals surface area contributed by atoms with E-state index in [-0.39, 0.29) is 12.1 Å². The number of hydrogen-bond donors (Lipinski definition) is 1. The Balaban J connectivity index is 1.59. The quantitative estimate of drug-likeness (QED) is 0.725. The highest BCUT2D eigenvalue weighted by molar-refractivity contribution is 5.74. The van der Waals surface area contributed by atoms with Gasteiger partial charge in [0.1, 0.15) is 0 Å². The number of carbonyl (C=O) groups excluding carboxylic acids is 1. The Hall–Kier alpha value is -2.53. The number of nitrogens with zero attached hydrogens (tertiary/aromatic N) is 2. The molecule has 2 aromatic rings. The Bertz CT molecular complexity index is 796. The number of morpholine rings is 1. The van der Waals surface area contributed by atoms with Gasteiger partial charge in [-0.2, -0.15) is 0 Å². The van der Waals surface area contributed by atoms with Gasteiger partial charge in [-0.3, -0.25) is 0 Å². The fourth-order valence-electron chi connectivity index (χ4n) is 3.82. The molecule has 0 spiro atoms. The molecule has 0 aliphatic carbocycles. The van der Waals surface area contributed by atoms with Crippen LogP contribution in [0.4, 0.5) is 10.5 Å². The van der Waals surface area contributed by atoms with Crippen LogP contribution < -0.4 is 10.2 Å². The van der Waals surface area contributed by atoms with E-state index in [0.29, 0.717) is 12.5 Å². The van der Waals surface area contributed by atoms with Crippen molar-refractivity contribution in [2.45, 2.75) is 39.8 Å². The summed E-state index contributed by atoms with van der Waals surface area (Å²) >= 11 is 0. The molecule has 1 atom stereocenters. The molecule has 0 bridgehead atoms. The van der Waals surface area contributed by atoms with E-state index in [2.05, 4.69) is 79.5 Å². The minimum Gasteiger partial charge on any atom is -0.378 e. The van der Waals surface area contributed by atoms with E-state index in [9.17, 15) is 4.79 Å². The summed E-state index contributed by atoms with van der Waals surface area (Å²) in [7, 11) is 1.85. The van der Waals surface area contributed by atoms with Crippen molar-refractivity contribution < 1.29 is 9.53 Å². The Morgan fingerprint density at radius 1 is 1.03 bits per heavy atom. The van der Waals surface area contributed by atoms with E-state index in [1.165, 1.54) is 11.3 Å². The first kappa shape index (κ1) is 22.2. The lowest BCUT2D eigenvalue weighted by Crippen LogP contribution is -2.40. The average Bonchev–Trinajstić information content (AvgIpc) is 2.78. The molecule has 5 nitrogen and oxygen atoms in total. The monoisotopic (exact) mass is 409 g/mol. The van der Waals surface area contributed by atoms with Crippen LogP contribution in [0.25, 0.3) is 0 Å². The molecule has 0 aromatic heterocycles. The molecular weight excluding hydrogens is 374 g/mol. The molecule has 0 radical (unpaired) electrons. The number of amides is 2. The van der Waals surface area contributed by atoms with Gasteiger partial charge in [0.05, 0.1) is 19.3 Å². The van der Waals surface area contributed by atoms with Crippen LogP contribution in [0.15, 0.2) is 48.5 Å². The molecule has 30 heavy (non-hydrogen) atoms. The second-order valence-electron chi connectivity index (χ2n) is 8.39. The van der Waals surface area contributed by atoms with Gasteiger partial charge < -0.3 is 19.9 Å². The molecule has 1 N–H and O–H groups in total. The summed E-state index contributed by atoms with van der Waals surface area (Å²) in [6, 6.07) is 17.0. The first-order valence-corrected chi connectivity index (χ1v) is 11.0. The number of ether oxygens (including phenoxy) is 1. The normalized spacial score (nSPS) is 15.2. The number of urea groups is 1. The topological polar surface area (TPSA) is 44.8 Å². The van der Waals surface area contributed by atoms with Crippen LogP contribution in [0.2, 0.25) is 0 Å². The van der Waals surface area contributed by atoms with Crippen molar-refractivity contribution in [1.82, 2.24) is 10.2 Å². The number of rotatable bonds is 7. The summed E-state index contributed by atoms with van der Waals surface area (Å²) in [4.78, 5) is 16.9. The van der Waals surface area contributed by atoms with Crippen LogP contribution >= 0.6 is 0 Å². The summed E-state index contributed by atoms with van der Waals surface area (Å²) in [5.74, 6) is 0.308. The molecule has 3 rings (SSSR count). The first-order valence-electron chi connectivity index (χ1n) is 11.0. The van der Waals surface area contributed by atoms with Crippen LogP contribution in [0, 0.1) is 5.92 Å². The molecule has 2 aromatic carbocycles. The molecular formula is C25H35N3O2. The Morgan fingerprint density at radius 2 is 1.63 bits per heavy atom. The molecule has 5 heteroatoms. The Kier molecular flexibility index (Phi) is 7.75.